The molecule has 0 unspecified atom stereocenters. The van der Waals surface area contributed by atoms with E-state index < -0.39 is 5.41 Å². The number of likely N-dealkylation sites (tertiary alicyclic amines) is 1. The zero-order chi connectivity index (χ0) is 18.9. The number of primary amides is 1. The fourth-order valence-corrected chi connectivity index (χ4v) is 4.82. The minimum absolute atomic E-state index is 0.00340. The Balaban J connectivity index is 1.48. The largest absolute Gasteiger partial charge is 0.369 e. The van der Waals surface area contributed by atoms with Crippen LogP contribution in [0.25, 0.3) is 10.4 Å². The molecule has 142 valence electrons. The van der Waals surface area contributed by atoms with Crippen LogP contribution in [0.15, 0.2) is 41.8 Å². The van der Waals surface area contributed by atoms with Crippen molar-refractivity contribution in [1.29, 1.82) is 0 Å². The number of nitrogens with two attached hydrogens (primary N) is 1. The number of rotatable bonds is 5. The minimum atomic E-state index is -0.696. The number of carbonyl (C=O) groups is 2. The highest BCUT2D eigenvalue weighted by atomic mass is 32.1. The summed E-state index contributed by atoms with van der Waals surface area (Å²) < 4.78 is 5.52. The first kappa shape index (κ1) is 18.2. The molecule has 2 N–H and O–H groups in total. The predicted molar refractivity (Wildman–Crippen MR) is 105 cm³/mol. The summed E-state index contributed by atoms with van der Waals surface area (Å²) in [4.78, 5) is 27.9. The predicted octanol–water partition coefficient (Wildman–Crippen LogP) is 2.84. The lowest BCUT2D eigenvalue weighted by atomic mass is 9.80. The van der Waals surface area contributed by atoms with Gasteiger partial charge in [0.2, 0.25) is 5.91 Å². The molecule has 2 atom stereocenters. The summed E-state index contributed by atoms with van der Waals surface area (Å²) >= 11 is 1.70. The summed E-state index contributed by atoms with van der Waals surface area (Å²) in [6, 6.07) is 12.4. The van der Waals surface area contributed by atoms with E-state index in [1.165, 1.54) is 10.4 Å². The summed E-state index contributed by atoms with van der Waals surface area (Å²) in [5.41, 5.74) is 7.34. The van der Waals surface area contributed by atoms with Crippen LogP contribution in [0, 0.1) is 5.41 Å². The first-order valence-corrected chi connectivity index (χ1v) is 10.3. The van der Waals surface area contributed by atoms with E-state index in [2.05, 4.69) is 35.7 Å². The van der Waals surface area contributed by atoms with Gasteiger partial charge < -0.3 is 15.4 Å². The number of benzene rings is 1. The van der Waals surface area contributed by atoms with Crippen LogP contribution in [0.3, 0.4) is 0 Å². The summed E-state index contributed by atoms with van der Waals surface area (Å²) in [6.45, 7) is 1.59. The van der Waals surface area contributed by atoms with Crippen LogP contribution in [0.2, 0.25) is 0 Å². The van der Waals surface area contributed by atoms with Crippen LogP contribution in [0.4, 0.5) is 0 Å². The third-order valence-electron chi connectivity index (χ3n) is 5.70. The van der Waals surface area contributed by atoms with Crippen molar-refractivity contribution < 1.29 is 14.3 Å². The van der Waals surface area contributed by atoms with Crippen molar-refractivity contribution in [3.8, 4) is 10.4 Å². The van der Waals surface area contributed by atoms with Crippen molar-refractivity contribution in [2.24, 2.45) is 11.1 Å². The molecule has 2 aliphatic rings. The Bertz CT molecular complexity index is 812. The second-order valence-electron chi connectivity index (χ2n) is 7.51. The number of hydrogen-bond acceptors (Lipinski definition) is 4. The maximum atomic E-state index is 12.6. The van der Waals surface area contributed by atoms with Gasteiger partial charge in [0.15, 0.2) is 0 Å². The lowest BCUT2D eigenvalue weighted by Crippen LogP contribution is -2.44. The van der Waals surface area contributed by atoms with Gasteiger partial charge in [-0.25, -0.2) is 0 Å². The molecule has 27 heavy (non-hydrogen) atoms. The van der Waals surface area contributed by atoms with Crippen molar-refractivity contribution in [3.05, 3.63) is 47.3 Å². The number of amides is 2. The Morgan fingerprint density at radius 2 is 2.07 bits per heavy atom. The highest BCUT2D eigenvalue weighted by Gasteiger charge is 2.46. The standard InChI is InChI=1S/C21H24N2O3S/c22-20(25)21(9-10-23(14-21)19(24)17-3-1-11-26-17)13-15-5-7-16(8-6-15)18-4-2-12-27-18/h2,4-8,12,17H,1,3,9-11,13-14H2,(H2,22,25)/t17-,21+/m0/s1. The third-order valence-corrected chi connectivity index (χ3v) is 6.61. The highest BCUT2D eigenvalue weighted by Crippen LogP contribution is 2.36. The molecule has 2 fully saturated rings. The molecule has 2 aromatic rings. The van der Waals surface area contributed by atoms with E-state index >= 15 is 0 Å². The van der Waals surface area contributed by atoms with Crippen LogP contribution in [-0.2, 0) is 20.7 Å². The molecule has 1 aromatic carbocycles. The van der Waals surface area contributed by atoms with Crippen molar-refractivity contribution in [1.82, 2.24) is 4.90 Å². The van der Waals surface area contributed by atoms with Crippen molar-refractivity contribution >= 4 is 23.2 Å². The van der Waals surface area contributed by atoms with E-state index in [0.717, 1.165) is 18.4 Å². The topological polar surface area (TPSA) is 72.6 Å². The second-order valence-corrected chi connectivity index (χ2v) is 8.45. The van der Waals surface area contributed by atoms with Crippen molar-refractivity contribution in [3.63, 3.8) is 0 Å². The molecule has 0 saturated carbocycles. The van der Waals surface area contributed by atoms with Crippen LogP contribution in [0.5, 0.6) is 0 Å². The molecule has 0 bridgehead atoms. The quantitative estimate of drug-likeness (QED) is 0.862. The van der Waals surface area contributed by atoms with Gasteiger partial charge in [0.1, 0.15) is 6.10 Å². The highest BCUT2D eigenvalue weighted by molar-refractivity contribution is 7.13. The first-order valence-electron chi connectivity index (χ1n) is 9.41. The van der Waals surface area contributed by atoms with E-state index in [1.807, 2.05) is 6.07 Å². The van der Waals surface area contributed by atoms with E-state index in [4.69, 9.17) is 10.5 Å². The summed E-state index contributed by atoms with van der Waals surface area (Å²) in [6.07, 6.45) is 2.50. The first-order chi connectivity index (χ1) is 13.1. The summed E-state index contributed by atoms with van der Waals surface area (Å²) in [7, 11) is 0. The Morgan fingerprint density at radius 3 is 2.70 bits per heavy atom. The number of hydrogen-bond donors (Lipinski definition) is 1. The summed E-state index contributed by atoms with van der Waals surface area (Å²) in [5, 5.41) is 2.06. The molecular formula is C21H24N2O3S. The molecule has 2 saturated heterocycles. The molecule has 3 heterocycles. The van der Waals surface area contributed by atoms with Crippen LogP contribution in [0.1, 0.15) is 24.8 Å². The number of carbonyl (C=O) groups excluding carboxylic acids is 2. The van der Waals surface area contributed by atoms with E-state index in [-0.39, 0.29) is 17.9 Å². The molecule has 2 aliphatic heterocycles. The van der Waals surface area contributed by atoms with Gasteiger partial charge >= 0.3 is 0 Å². The second kappa shape index (κ2) is 7.44. The normalized spacial score (nSPS) is 25.0. The maximum Gasteiger partial charge on any atom is 0.251 e. The molecule has 5 nitrogen and oxygen atoms in total. The van der Waals surface area contributed by atoms with Gasteiger partial charge in [0, 0.05) is 24.6 Å². The van der Waals surface area contributed by atoms with Gasteiger partial charge in [-0.15, -0.1) is 11.3 Å². The molecule has 2 amide bonds. The third kappa shape index (κ3) is 3.64. The van der Waals surface area contributed by atoms with Gasteiger partial charge in [0.25, 0.3) is 5.91 Å². The smallest absolute Gasteiger partial charge is 0.251 e. The maximum absolute atomic E-state index is 12.6. The zero-order valence-corrected chi connectivity index (χ0v) is 16.0. The minimum Gasteiger partial charge on any atom is -0.369 e. The average molecular weight is 385 g/mol. The zero-order valence-electron chi connectivity index (χ0n) is 15.2. The van der Waals surface area contributed by atoms with Crippen molar-refractivity contribution in [2.75, 3.05) is 19.7 Å². The van der Waals surface area contributed by atoms with E-state index in [9.17, 15) is 9.59 Å². The average Bonchev–Trinajstić information content (AvgIpc) is 3.43. The van der Waals surface area contributed by atoms with Gasteiger partial charge in [-0.1, -0.05) is 30.3 Å². The van der Waals surface area contributed by atoms with Crippen LogP contribution >= 0.6 is 11.3 Å². The Hall–Kier alpha value is -2.18. The van der Waals surface area contributed by atoms with Crippen LogP contribution < -0.4 is 5.73 Å². The lowest BCUT2D eigenvalue weighted by Gasteiger charge is -2.27. The molecule has 1 aromatic heterocycles. The van der Waals surface area contributed by atoms with E-state index in [1.54, 1.807) is 16.2 Å². The molecule has 0 aliphatic carbocycles. The monoisotopic (exact) mass is 384 g/mol. The van der Waals surface area contributed by atoms with Gasteiger partial charge in [-0.3, -0.25) is 9.59 Å². The fraction of sp³-hybridized carbons (Fsp3) is 0.429. The van der Waals surface area contributed by atoms with Gasteiger partial charge in [0.05, 0.1) is 5.41 Å². The molecule has 6 heteroatoms. The summed E-state index contributed by atoms with van der Waals surface area (Å²) in [5.74, 6) is -0.323. The fourth-order valence-electron chi connectivity index (χ4n) is 4.09. The molecule has 0 spiro atoms. The van der Waals surface area contributed by atoms with Gasteiger partial charge in [-0.05, 0) is 48.3 Å². The Labute approximate surface area is 163 Å². The molecule has 0 radical (unpaired) electrons. The number of ether oxygens (including phenoxy) is 1. The SMILES string of the molecule is NC(=O)[C@@]1(Cc2ccc(-c3cccs3)cc2)CCN(C(=O)[C@@H]2CCCO2)C1. The lowest BCUT2D eigenvalue weighted by molar-refractivity contribution is -0.140. The van der Waals surface area contributed by atoms with Crippen molar-refractivity contribution in [2.45, 2.75) is 31.8 Å². The van der Waals surface area contributed by atoms with Crippen LogP contribution in [-0.4, -0.2) is 42.5 Å². The molecule has 4 rings (SSSR count). The Morgan fingerprint density at radius 1 is 1.26 bits per heavy atom. The Kier molecular flexibility index (Phi) is 5.02. The number of thiophene rings is 1. The van der Waals surface area contributed by atoms with Gasteiger partial charge in [-0.2, -0.15) is 0 Å². The molecular weight excluding hydrogens is 360 g/mol. The van der Waals surface area contributed by atoms with E-state index in [0.29, 0.717) is 32.5 Å². The number of nitrogens with zero attached hydrogens (tertiary/aromatic N) is 1.